The van der Waals surface area contributed by atoms with Crippen LogP contribution in [-0.4, -0.2) is 29.5 Å². The lowest BCUT2D eigenvalue weighted by Crippen LogP contribution is -2.15. The van der Waals surface area contributed by atoms with Gasteiger partial charge in [-0.25, -0.2) is 0 Å². The van der Waals surface area contributed by atoms with Crippen molar-refractivity contribution in [1.29, 1.82) is 0 Å². The van der Waals surface area contributed by atoms with E-state index in [1.807, 2.05) is 18.2 Å². The summed E-state index contributed by atoms with van der Waals surface area (Å²) < 4.78 is 16.7. The molecule has 3 nitrogen and oxygen atoms in total. The van der Waals surface area contributed by atoms with Crippen LogP contribution < -0.4 is 0 Å². The number of carbonyl (C=O) groups is 1. The Morgan fingerprint density at radius 3 is 2.88 bits per heavy atom. The number of Topliss-reactive ketones (excluding diaryl/α,β-unsaturated/α-hetero) is 1. The topological polar surface area (TPSA) is 43.4 Å². The second kappa shape index (κ2) is 5.56. The molecule has 0 heterocycles. The molecule has 1 aliphatic rings. The van der Waals surface area contributed by atoms with E-state index >= 15 is 0 Å². The second-order valence-electron chi connectivity index (χ2n) is 4.25. The van der Waals surface area contributed by atoms with Crippen LogP contribution in [0.25, 0.3) is 0 Å². The maximum absolute atomic E-state index is 12.0. The number of rotatable bonds is 5. The quantitative estimate of drug-likeness (QED) is 0.797. The number of fused-ring (bicyclic) bond motifs is 1. The molecule has 0 saturated carbocycles. The van der Waals surface area contributed by atoms with Gasteiger partial charge in [0.25, 0.3) is 0 Å². The van der Waals surface area contributed by atoms with E-state index in [0.29, 0.717) is 0 Å². The molecule has 0 saturated heterocycles. The standard InChI is InChI=1S/C13H16O3S/c1-16-8-12(14)9-17(15)13-6-5-10-3-2-4-11(10)7-13/h5-7H,2-4,8-9H2,1H3. The summed E-state index contributed by atoms with van der Waals surface area (Å²) in [6.07, 6.45) is 3.35. The summed E-state index contributed by atoms with van der Waals surface area (Å²) in [4.78, 5) is 12.1. The molecule has 1 unspecified atom stereocenters. The maximum Gasteiger partial charge on any atom is 0.171 e. The van der Waals surface area contributed by atoms with Crippen molar-refractivity contribution in [2.45, 2.75) is 24.2 Å². The average molecular weight is 252 g/mol. The number of methoxy groups -OCH3 is 1. The van der Waals surface area contributed by atoms with Gasteiger partial charge in [-0.2, -0.15) is 0 Å². The van der Waals surface area contributed by atoms with Gasteiger partial charge in [-0.3, -0.25) is 9.00 Å². The normalized spacial score (nSPS) is 15.6. The molecule has 92 valence electrons. The van der Waals surface area contributed by atoms with Crippen LogP contribution >= 0.6 is 0 Å². The molecule has 0 radical (unpaired) electrons. The van der Waals surface area contributed by atoms with Crippen molar-refractivity contribution < 1.29 is 13.7 Å². The van der Waals surface area contributed by atoms with Crippen molar-refractivity contribution >= 4 is 16.6 Å². The third-order valence-corrected chi connectivity index (χ3v) is 4.29. The fourth-order valence-electron chi connectivity index (χ4n) is 2.12. The Morgan fingerprint density at radius 1 is 1.35 bits per heavy atom. The zero-order valence-electron chi connectivity index (χ0n) is 9.90. The average Bonchev–Trinajstić information content (AvgIpc) is 2.75. The lowest BCUT2D eigenvalue weighted by molar-refractivity contribution is -0.120. The van der Waals surface area contributed by atoms with Crippen molar-refractivity contribution in [2.24, 2.45) is 0 Å². The van der Waals surface area contributed by atoms with Crippen LogP contribution in [0, 0.1) is 0 Å². The fourth-order valence-corrected chi connectivity index (χ4v) is 3.16. The van der Waals surface area contributed by atoms with Gasteiger partial charge in [0.05, 0.1) is 16.6 Å². The molecule has 0 N–H and O–H groups in total. The van der Waals surface area contributed by atoms with Crippen molar-refractivity contribution in [3.05, 3.63) is 29.3 Å². The molecule has 1 aliphatic carbocycles. The molecule has 0 bridgehead atoms. The molecule has 17 heavy (non-hydrogen) atoms. The predicted octanol–water partition coefficient (Wildman–Crippen LogP) is 1.50. The van der Waals surface area contributed by atoms with Crippen LogP contribution in [0.15, 0.2) is 23.1 Å². The Hall–Kier alpha value is -1.00. The van der Waals surface area contributed by atoms with Crippen molar-refractivity contribution in [3.63, 3.8) is 0 Å². The minimum Gasteiger partial charge on any atom is -0.377 e. The summed E-state index contributed by atoms with van der Waals surface area (Å²) in [7, 11) is 0.232. The van der Waals surface area contributed by atoms with E-state index in [0.717, 1.165) is 17.7 Å². The number of carbonyl (C=O) groups excluding carboxylic acids is 1. The van der Waals surface area contributed by atoms with E-state index in [1.165, 1.54) is 24.7 Å². The minimum atomic E-state index is -1.24. The molecular weight excluding hydrogens is 236 g/mol. The molecule has 1 aromatic carbocycles. The highest BCUT2D eigenvalue weighted by atomic mass is 32.2. The van der Waals surface area contributed by atoms with Gasteiger partial charge in [0.15, 0.2) is 5.78 Å². The zero-order chi connectivity index (χ0) is 12.3. The van der Waals surface area contributed by atoms with Crippen molar-refractivity contribution in [3.8, 4) is 0 Å². The summed E-state index contributed by atoms with van der Waals surface area (Å²) in [5.74, 6) is -0.0709. The smallest absolute Gasteiger partial charge is 0.171 e. The third kappa shape index (κ3) is 3.01. The van der Waals surface area contributed by atoms with E-state index in [1.54, 1.807) is 0 Å². The Morgan fingerprint density at radius 2 is 2.12 bits per heavy atom. The first-order valence-corrected chi connectivity index (χ1v) is 7.03. The number of hydrogen-bond acceptors (Lipinski definition) is 3. The van der Waals surface area contributed by atoms with E-state index in [-0.39, 0.29) is 18.1 Å². The van der Waals surface area contributed by atoms with Crippen molar-refractivity contribution in [2.75, 3.05) is 19.5 Å². The third-order valence-electron chi connectivity index (χ3n) is 2.93. The monoisotopic (exact) mass is 252 g/mol. The van der Waals surface area contributed by atoms with Gasteiger partial charge in [-0.1, -0.05) is 6.07 Å². The molecule has 1 aromatic rings. The first-order chi connectivity index (χ1) is 8.20. The Kier molecular flexibility index (Phi) is 4.07. The van der Waals surface area contributed by atoms with Crippen LogP contribution in [0.1, 0.15) is 17.5 Å². The maximum atomic E-state index is 12.0. The summed E-state index contributed by atoms with van der Waals surface area (Å²) in [6, 6.07) is 5.90. The van der Waals surface area contributed by atoms with Gasteiger partial charge in [-0.05, 0) is 42.5 Å². The summed E-state index contributed by atoms with van der Waals surface area (Å²) in [5.41, 5.74) is 2.64. The van der Waals surface area contributed by atoms with Gasteiger partial charge in [0, 0.05) is 12.0 Å². The Labute approximate surface area is 104 Å². The summed E-state index contributed by atoms with van der Waals surface area (Å²) >= 11 is 0. The molecule has 1 atom stereocenters. The van der Waals surface area contributed by atoms with E-state index < -0.39 is 10.8 Å². The van der Waals surface area contributed by atoms with E-state index in [2.05, 4.69) is 0 Å². The van der Waals surface area contributed by atoms with Gasteiger partial charge in [0.1, 0.15) is 6.61 Å². The molecule has 0 aliphatic heterocycles. The minimum absolute atomic E-state index is 0.0384. The van der Waals surface area contributed by atoms with Crippen LogP contribution in [-0.2, 0) is 33.2 Å². The van der Waals surface area contributed by atoms with E-state index in [9.17, 15) is 9.00 Å². The molecule has 2 rings (SSSR count). The fraction of sp³-hybridized carbons (Fsp3) is 0.462. The lowest BCUT2D eigenvalue weighted by atomic mass is 10.1. The van der Waals surface area contributed by atoms with Crippen LogP contribution in [0.2, 0.25) is 0 Å². The number of ether oxygens (including phenoxy) is 1. The van der Waals surface area contributed by atoms with Crippen LogP contribution in [0.3, 0.4) is 0 Å². The van der Waals surface area contributed by atoms with Crippen LogP contribution in [0.5, 0.6) is 0 Å². The van der Waals surface area contributed by atoms with E-state index in [4.69, 9.17) is 4.74 Å². The van der Waals surface area contributed by atoms with Gasteiger partial charge >= 0.3 is 0 Å². The highest BCUT2D eigenvalue weighted by Gasteiger charge is 2.15. The largest absolute Gasteiger partial charge is 0.377 e. The Balaban J connectivity index is 2.07. The molecule has 0 fully saturated rings. The molecule has 0 aromatic heterocycles. The first kappa shape index (κ1) is 12.5. The highest BCUT2D eigenvalue weighted by Crippen LogP contribution is 2.24. The number of aryl methyl sites for hydroxylation is 2. The predicted molar refractivity (Wildman–Crippen MR) is 66.6 cm³/mol. The van der Waals surface area contributed by atoms with Crippen molar-refractivity contribution in [1.82, 2.24) is 0 Å². The Bertz CT molecular complexity index is 454. The molecular formula is C13H16O3S. The summed E-state index contributed by atoms with van der Waals surface area (Å²) in [5, 5.41) is 0. The number of hydrogen-bond donors (Lipinski definition) is 0. The SMILES string of the molecule is COCC(=O)CS(=O)c1ccc2c(c1)CCC2. The molecule has 4 heteroatoms. The molecule has 0 spiro atoms. The van der Waals surface area contributed by atoms with Gasteiger partial charge in [0.2, 0.25) is 0 Å². The molecule has 0 amide bonds. The van der Waals surface area contributed by atoms with Gasteiger partial charge in [-0.15, -0.1) is 0 Å². The van der Waals surface area contributed by atoms with Crippen LogP contribution in [0.4, 0.5) is 0 Å². The first-order valence-electron chi connectivity index (χ1n) is 5.71. The summed E-state index contributed by atoms with van der Waals surface area (Å²) in [6.45, 7) is 0.0384. The zero-order valence-corrected chi connectivity index (χ0v) is 10.7. The number of benzene rings is 1. The number of ketones is 1. The lowest BCUT2D eigenvalue weighted by Gasteiger charge is -2.04. The highest BCUT2D eigenvalue weighted by molar-refractivity contribution is 7.85. The van der Waals surface area contributed by atoms with Gasteiger partial charge < -0.3 is 4.74 Å². The second-order valence-corrected chi connectivity index (χ2v) is 5.70.